The van der Waals surface area contributed by atoms with E-state index in [2.05, 4.69) is 88.4 Å². The Balaban J connectivity index is 0.987. The van der Waals surface area contributed by atoms with Crippen LogP contribution in [0.3, 0.4) is 0 Å². The van der Waals surface area contributed by atoms with Crippen LogP contribution >= 0.6 is 0 Å². The monoisotopic (exact) mass is 650 g/mol. The molecule has 0 bridgehead atoms. The fourth-order valence-electron chi connectivity index (χ4n) is 6.13. The summed E-state index contributed by atoms with van der Waals surface area (Å²) in [6, 6.07) is 23.0. The number of hydrogen-bond donors (Lipinski definition) is 0. The van der Waals surface area contributed by atoms with Crippen LogP contribution in [0.2, 0.25) is 0 Å². The lowest BCUT2D eigenvalue weighted by atomic mass is 10.1. The molecule has 1 aromatic heterocycles. The molecule has 6 rings (SSSR count). The van der Waals surface area contributed by atoms with E-state index in [4.69, 9.17) is 14.2 Å². The highest BCUT2D eigenvalue weighted by Crippen LogP contribution is 2.35. The number of aromatic nitrogens is 1. The van der Waals surface area contributed by atoms with E-state index in [1.54, 1.807) is 23.5 Å². The molecule has 11 nitrogen and oxygen atoms in total. The van der Waals surface area contributed by atoms with Gasteiger partial charge >= 0.3 is 0 Å². The fraction of sp³-hybridized carbons (Fsp3) is 0.378. The molecule has 3 unspecified atom stereocenters. The molecule has 3 aromatic rings. The van der Waals surface area contributed by atoms with Crippen molar-refractivity contribution in [2.45, 2.75) is 38.2 Å². The normalized spacial score (nSPS) is 21.7. The molecule has 0 spiro atoms. The molecule has 0 saturated carbocycles. The van der Waals surface area contributed by atoms with Crippen LogP contribution in [0.25, 0.3) is 0 Å². The maximum absolute atomic E-state index is 6.45. The van der Waals surface area contributed by atoms with E-state index in [1.165, 1.54) is 11.4 Å². The third-order valence-corrected chi connectivity index (χ3v) is 8.97. The SMILES string of the molecule is C=C/C=N\N(C)CC1(c2ccccn2)OCC(COc2ccc(N3CCN(c4ccc(N5C=NN(C(C)CC)C5=C)cc4)CC3)cc2)O1. The number of anilines is 3. The third kappa shape index (κ3) is 7.32. The summed E-state index contributed by atoms with van der Waals surface area (Å²) in [4.78, 5) is 11.4. The van der Waals surface area contributed by atoms with Gasteiger partial charge in [-0.3, -0.25) is 14.9 Å². The molecule has 3 aliphatic rings. The van der Waals surface area contributed by atoms with Gasteiger partial charge in [-0.1, -0.05) is 26.1 Å². The zero-order valence-corrected chi connectivity index (χ0v) is 28.2. The lowest BCUT2D eigenvalue weighted by molar-refractivity contribution is -0.192. The van der Waals surface area contributed by atoms with Crippen molar-refractivity contribution in [2.24, 2.45) is 10.2 Å². The summed E-state index contributed by atoms with van der Waals surface area (Å²) >= 11 is 0. The van der Waals surface area contributed by atoms with Gasteiger partial charge in [-0.2, -0.15) is 10.2 Å². The van der Waals surface area contributed by atoms with Crippen molar-refractivity contribution < 1.29 is 14.2 Å². The van der Waals surface area contributed by atoms with E-state index in [0.717, 1.165) is 49.9 Å². The number of hydrogen-bond acceptors (Lipinski definition) is 11. The van der Waals surface area contributed by atoms with Gasteiger partial charge in [0.25, 0.3) is 0 Å². The lowest BCUT2D eigenvalue weighted by Gasteiger charge is -2.37. The Morgan fingerprint density at radius 3 is 2.31 bits per heavy atom. The zero-order valence-electron chi connectivity index (χ0n) is 28.2. The van der Waals surface area contributed by atoms with Gasteiger partial charge in [0.1, 0.15) is 36.3 Å². The quantitative estimate of drug-likeness (QED) is 0.176. The average Bonchev–Trinajstić information content (AvgIpc) is 3.74. The minimum absolute atomic E-state index is 0.257. The number of allylic oxidation sites excluding steroid dienone is 1. The Kier molecular flexibility index (Phi) is 10.3. The first-order valence-electron chi connectivity index (χ1n) is 16.6. The lowest BCUT2D eigenvalue weighted by Crippen LogP contribution is -2.46. The second-order valence-electron chi connectivity index (χ2n) is 12.2. The topological polar surface area (TPSA) is 81.5 Å². The Bertz CT molecular complexity index is 1570. The van der Waals surface area contributed by atoms with Crippen LogP contribution in [-0.2, 0) is 15.3 Å². The molecule has 48 heavy (non-hydrogen) atoms. The van der Waals surface area contributed by atoms with Gasteiger partial charge in [-0.05, 0) is 80.1 Å². The van der Waals surface area contributed by atoms with Gasteiger partial charge in [0.15, 0.2) is 0 Å². The van der Waals surface area contributed by atoms with Crippen LogP contribution in [0.15, 0.2) is 108 Å². The van der Waals surface area contributed by atoms with Crippen molar-refractivity contribution in [3.63, 3.8) is 0 Å². The number of rotatable bonds is 13. The number of piperazine rings is 1. The van der Waals surface area contributed by atoms with Crippen molar-refractivity contribution in [3.05, 3.63) is 104 Å². The summed E-state index contributed by atoms with van der Waals surface area (Å²) < 4.78 is 18.8. The summed E-state index contributed by atoms with van der Waals surface area (Å²) in [5.74, 6) is 0.644. The minimum Gasteiger partial charge on any atom is -0.491 e. The highest BCUT2D eigenvalue weighted by molar-refractivity contribution is 5.85. The number of pyridine rings is 1. The molecule has 4 heterocycles. The molecule has 2 fully saturated rings. The van der Waals surface area contributed by atoms with Crippen molar-refractivity contribution in [1.29, 1.82) is 0 Å². The molecule has 0 radical (unpaired) electrons. The Morgan fingerprint density at radius 2 is 1.69 bits per heavy atom. The summed E-state index contributed by atoms with van der Waals surface area (Å²) in [6.45, 7) is 17.2. The zero-order chi connectivity index (χ0) is 33.5. The third-order valence-electron chi connectivity index (χ3n) is 8.97. The van der Waals surface area contributed by atoms with Crippen molar-refractivity contribution in [3.8, 4) is 5.75 Å². The largest absolute Gasteiger partial charge is 0.491 e. The van der Waals surface area contributed by atoms with E-state index in [1.807, 2.05) is 53.6 Å². The Hall–Kier alpha value is -4.87. The number of benzene rings is 2. The molecule has 0 amide bonds. The second kappa shape index (κ2) is 14.9. The van der Waals surface area contributed by atoms with Crippen LogP contribution in [0.4, 0.5) is 17.1 Å². The number of ether oxygens (including phenoxy) is 3. The first-order chi connectivity index (χ1) is 23.4. The average molecular weight is 651 g/mol. The molecular weight excluding hydrogens is 604 g/mol. The molecule has 3 atom stereocenters. The van der Waals surface area contributed by atoms with E-state index in [-0.39, 0.29) is 6.10 Å². The van der Waals surface area contributed by atoms with Gasteiger partial charge in [0.2, 0.25) is 5.79 Å². The maximum Gasteiger partial charge on any atom is 0.232 e. The van der Waals surface area contributed by atoms with Crippen LogP contribution in [0.5, 0.6) is 5.75 Å². The summed E-state index contributed by atoms with van der Waals surface area (Å²) in [6.07, 6.45) is 7.61. The molecule has 2 saturated heterocycles. The van der Waals surface area contributed by atoms with Crippen LogP contribution in [-0.4, -0.2) is 92.7 Å². The fourth-order valence-corrected chi connectivity index (χ4v) is 6.13. The van der Waals surface area contributed by atoms with Gasteiger partial charge < -0.3 is 24.0 Å². The van der Waals surface area contributed by atoms with Crippen LogP contribution < -0.4 is 19.4 Å². The minimum atomic E-state index is -1.04. The molecule has 2 aromatic carbocycles. The van der Waals surface area contributed by atoms with E-state index in [9.17, 15) is 0 Å². The van der Waals surface area contributed by atoms with Crippen molar-refractivity contribution in [1.82, 2.24) is 15.0 Å². The number of nitrogens with zero attached hydrogens (tertiary/aromatic N) is 8. The van der Waals surface area contributed by atoms with E-state index in [0.29, 0.717) is 31.5 Å². The standard InChI is InChI=1S/C37H46N8O3/c1-6-19-39-41(5)27-37(36-10-8-9-20-38-36)47-26-35(48-37)25-46-34-17-15-32(16-18-34)43-23-21-42(22-24-43)31-11-13-33(14-12-31)44-28-40-45(30(44)4)29(3)7-2/h6,8-20,28-29,35H,1,4,7,21-27H2,2-3,5H3/b39-19-. The van der Waals surface area contributed by atoms with E-state index >= 15 is 0 Å². The smallest absolute Gasteiger partial charge is 0.232 e. The summed E-state index contributed by atoms with van der Waals surface area (Å²) in [7, 11) is 1.87. The molecule has 11 heteroatoms. The summed E-state index contributed by atoms with van der Waals surface area (Å²) in [5.41, 5.74) is 4.18. The molecule has 0 N–H and O–H groups in total. The number of likely N-dealkylation sites (N-methyl/N-ethyl adjacent to an activating group) is 1. The van der Waals surface area contributed by atoms with Gasteiger partial charge in [-0.15, -0.1) is 0 Å². The van der Waals surface area contributed by atoms with Gasteiger partial charge in [-0.25, -0.2) is 5.01 Å². The van der Waals surface area contributed by atoms with Crippen molar-refractivity contribution in [2.75, 3.05) is 67.7 Å². The molecular formula is C37H46N8O3. The first kappa shape index (κ1) is 33.0. The van der Waals surface area contributed by atoms with Gasteiger partial charge in [0, 0.05) is 62.7 Å². The van der Waals surface area contributed by atoms with Crippen LogP contribution in [0.1, 0.15) is 26.0 Å². The molecule has 3 aliphatic heterocycles. The highest BCUT2D eigenvalue weighted by Gasteiger charge is 2.45. The number of hydrazone groups is 2. The van der Waals surface area contributed by atoms with Gasteiger partial charge in [0.05, 0.1) is 19.2 Å². The first-order valence-corrected chi connectivity index (χ1v) is 16.6. The molecule has 252 valence electrons. The predicted molar refractivity (Wildman–Crippen MR) is 193 cm³/mol. The Morgan fingerprint density at radius 1 is 1.02 bits per heavy atom. The predicted octanol–water partition coefficient (Wildman–Crippen LogP) is 5.49. The second-order valence-corrected chi connectivity index (χ2v) is 12.2. The Labute approximate surface area is 284 Å². The summed E-state index contributed by atoms with van der Waals surface area (Å²) in [5, 5.41) is 12.6. The van der Waals surface area contributed by atoms with Crippen molar-refractivity contribution >= 4 is 29.6 Å². The highest BCUT2D eigenvalue weighted by atomic mass is 16.8. The van der Waals surface area contributed by atoms with E-state index < -0.39 is 5.79 Å². The maximum atomic E-state index is 6.45. The van der Waals surface area contributed by atoms with Crippen LogP contribution in [0, 0.1) is 0 Å². The molecule has 0 aliphatic carbocycles.